The minimum Gasteiger partial charge on any atom is -0.361 e. The van der Waals surface area contributed by atoms with Gasteiger partial charge in [0.25, 0.3) is 0 Å². The molecule has 2 rings (SSSR count). The summed E-state index contributed by atoms with van der Waals surface area (Å²) in [6.07, 6.45) is 0.883. The average Bonchev–Trinajstić information content (AvgIpc) is 2.98. The number of carbonyl (C=O) groups excluding carboxylic acids is 1. The summed E-state index contributed by atoms with van der Waals surface area (Å²) in [4.78, 5) is 11.9. The molecule has 0 bridgehead atoms. The SMILES string of the molecule is Cc1noc(C)c1CSCC(=O)Nc1nnc(CC(C)C)s1. The fraction of sp³-hybridized carbons (Fsp3) is 0.571. The van der Waals surface area contributed by atoms with Crippen molar-refractivity contribution in [1.29, 1.82) is 0 Å². The minimum absolute atomic E-state index is 0.0657. The molecule has 0 atom stereocenters. The van der Waals surface area contributed by atoms with E-state index in [2.05, 4.69) is 34.5 Å². The lowest BCUT2D eigenvalue weighted by molar-refractivity contribution is -0.113. The van der Waals surface area contributed by atoms with Crippen LogP contribution in [0, 0.1) is 19.8 Å². The molecule has 0 unspecified atom stereocenters. The van der Waals surface area contributed by atoms with Crippen LogP contribution in [0.15, 0.2) is 4.52 Å². The number of aryl methyl sites for hydroxylation is 2. The lowest BCUT2D eigenvalue weighted by Crippen LogP contribution is -2.14. The molecule has 0 spiro atoms. The number of nitrogens with one attached hydrogen (secondary N) is 1. The van der Waals surface area contributed by atoms with Crippen LogP contribution in [-0.4, -0.2) is 27.0 Å². The summed E-state index contributed by atoms with van der Waals surface area (Å²) in [5, 5.41) is 16.3. The Kier molecular flexibility index (Phi) is 5.96. The van der Waals surface area contributed by atoms with Gasteiger partial charge in [-0.05, 0) is 19.8 Å². The number of amides is 1. The van der Waals surface area contributed by atoms with Crippen molar-refractivity contribution < 1.29 is 9.32 Å². The summed E-state index contributed by atoms with van der Waals surface area (Å²) in [7, 11) is 0. The van der Waals surface area contributed by atoms with Gasteiger partial charge < -0.3 is 4.52 Å². The number of aromatic nitrogens is 3. The summed E-state index contributed by atoms with van der Waals surface area (Å²) in [5.74, 6) is 2.35. The average molecular weight is 340 g/mol. The van der Waals surface area contributed by atoms with Crippen molar-refractivity contribution in [3.63, 3.8) is 0 Å². The van der Waals surface area contributed by atoms with Gasteiger partial charge in [-0.1, -0.05) is 30.3 Å². The van der Waals surface area contributed by atoms with E-state index in [0.29, 0.717) is 22.6 Å². The molecule has 0 aromatic carbocycles. The maximum atomic E-state index is 11.9. The lowest BCUT2D eigenvalue weighted by atomic mass is 10.1. The molecular formula is C14H20N4O2S2. The van der Waals surface area contributed by atoms with Crippen LogP contribution in [0.5, 0.6) is 0 Å². The van der Waals surface area contributed by atoms with Crippen molar-refractivity contribution in [3.8, 4) is 0 Å². The van der Waals surface area contributed by atoms with Gasteiger partial charge in [-0.3, -0.25) is 10.1 Å². The summed E-state index contributed by atoms with van der Waals surface area (Å²) in [6.45, 7) is 8.05. The smallest absolute Gasteiger partial charge is 0.236 e. The van der Waals surface area contributed by atoms with Crippen LogP contribution in [0.2, 0.25) is 0 Å². The Bertz CT molecular complexity index is 617. The second-order valence-corrected chi connectivity index (χ2v) is 7.49. The molecule has 1 N–H and O–H groups in total. The zero-order valence-electron chi connectivity index (χ0n) is 13.2. The second kappa shape index (κ2) is 7.73. The largest absolute Gasteiger partial charge is 0.361 e. The van der Waals surface area contributed by atoms with Crippen LogP contribution < -0.4 is 5.32 Å². The molecule has 2 heterocycles. The van der Waals surface area contributed by atoms with Gasteiger partial charge in [0.15, 0.2) is 0 Å². The Labute approximate surface area is 138 Å². The Morgan fingerprint density at radius 2 is 2.14 bits per heavy atom. The number of thioether (sulfide) groups is 1. The highest BCUT2D eigenvalue weighted by atomic mass is 32.2. The van der Waals surface area contributed by atoms with Crippen molar-refractivity contribution in [2.75, 3.05) is 11.1 Å². The van der Waals surface area contributed by atoms with Crippen molar-refractivity contribution in [2.45, 2.75) is 39.9 Å². The number of hydrogen-bond donors (Lipinski definition) is 1. The molecular weight excluding hydrogens is 320 g/mol. The fourth-order valence-electron chi connectivity index (χ4n) is 1.84. The molecule has 0 saturated carbocycles. The third-order valence-corrected chi connectivity index (χ3v) is 4.78. The normalized spacial score (nSPS) is 11.1. The van der Waals surface area contributed by atoms with Gasteiger partial charge in [0, 0.05) is 17.7 Å². The Morgan fingerprint density at radius 1 is 1.36 bits per heavy atom. The van der Waals surface area contributed by atoms with Gasteiger partial charge in [-0.25, -0.2) is 0 Å². The minimum atomic E-state index is -0.0657. The topological polar surface area (TPSA) is 80.9 Å². The molecule has 2 aromatic rings. The summed E-state index contributed by atoms with van der Waals surface area (Å²) in [6, 6.07) is 0. The molecule has 22 heavy (non-hydrogen) atoms. The van der Waals surface area contributed by atoms with Crippen LogP contribution in [0.4, 0.5) is 5.13 Å². The molecule has 0 aliphatic heterocycles. The van der Waals surface area contributed by atoms with Crippen LogP contribution >= 0.6 is 23.1 Å². The van der Waals surface area contributed by atoms with Crippen molar-refractivity contribution >= 4 is 34.1 Å². The number of nitrogens with zero attached hydrogens (tertiary/aromatic N) is 3. The molecule has 0 aliphatic carbocycles. The van der Waals surface area contributed by atoms with E-state index in [1.54, 1.807) is 0 Å². The van der Waals surface area contributed by atoms with Gasteiger partial charge in [-0.15, -0.1) is 22.0 Å². The predicted molar refractivity (Wildman–Crippen MR) is 89.2 cm³/mol. The number of carbonyl (C=O) groups is 1. The van der Waals surface area contributed by atoms with E-state index >= 15 is 0 Å². The molecule has 1 amide bonds. The Balaban J connectivity index is 1.77. The maximum absolute atomic E-state index is 11.9. The van der Waals surface area contributed by atoms with E-state index in [9.17, 15) is 4.79 Å². The van der Waals surface area contributed by atoms with Crippen LogP contribution in [-0.2, 0) is 17.0 Å². The molecule has 0 radical (unpaired) electrons. The Hall–Kier alpha value is -1.41. The van der Waals surface area contributed by atoms with Crippen molar-refractivity contribution in [2.24, 2.45) is 5.92 Å². The number of anilines is 1. The quantitative estimate of drug-likeness (QED) is 0.833. The standard InChI is InChI=1S/C14H20N4O2S2/c1-8(2)5-13-16-17-14(22-13)15-12(19)7-21-6-11-9(3)18-20-10(11)4/h8H,5-7H2,1-4H3,(H,15,17,19). The van der Waals surface area contributed by atoms with Gasteiger partial charge in [0.05, 0.1) is 11.4 Å². The zero-order valence-corrected chi connectivity index (χ0v) is 14.8. The summed E-state index contributed by atoms with van der Waals surface area (Å²) in [5.41, 5.74) is 1.95. The van der Waals surface area contributed by atoms with E-state index in [1.165, 1.54) is 23.1 Å². The third-order valence-electron chi connectivity index (χ3n) is 2.96. The lowest BCUT2D eigenvalue weighted by Gasteiger charge is -2.01. The summed E-state index contributed by atoms with van der Waals surface area (Å²) < 4.78 is 5.10. The van der Waals surface area contributed by atoms with E-state index in [4.69, 9.17) is 4.52 Å². The number of hydrogen-bond acceptors (Lipinski definition) is 7. The first kappa shape index (κ1) is 17.0. The third kappa shape index (κ3) is 4.81. The second-order valence-electron chi connectivity index (χ2n) is 5.44. The van der Waals surface area contributed by atoms with E-state index in [0.717, 1.165) is 28.4 Å². The molecule has 2 aromatic heterocycles. The molecule has 120 valence electrons. The molecule has 0 saturated heterocycles. The first-order valence-electron chi connectivity index (χ1n) is 7.07. The summed E-state index contributed by atoms with van der Waals surface area (Å²) >= 11 is 2.97. The van der Waals surface area contributed by atoms with E-state index < -0.39 is 0 Å². The van der Waals surface area contributed by atoms with Crippen LogP contribution in [0.25, 0.3) is 0 Å². The van der Waals surface area contributed by atoms with Crippen LogP contribution in [0.1, 0.15) is 35.9 Å². The van der Waals surface area contributed by atoms with Gasteiger partial charge in [0.2, 0.25) is 11.0 Å². The zero-order chi connectivity index (χ0) is 16.1. The fourth-order valence-corrected chi connectivity index (χ4v) is 3.79. The van der Waals surface area contributed by atoms with Crippen molar-refractivity contribution in [3.05, 3.63) is 22.0 Å². The molecule has 6 nitrogen and oxygen atoms in total. The van der Waals surface area contributed by atoms with Gasteiger partial charge in [-0.2, -0.15) is 0 Å². The number of rotatable bonds is 7. The first-order chi connectivity index (χ1) is 10.5. The van der Waals surface area contributed by atoms with Gasteiger partial charge >= 0.3 is 0 Å². The molecule has 0 aliphatic rings. The monoisotopic (exact) mass is 340 g/mol. The highest BCUT2D eigenvalue weighted by Gasteiger charge is 2.12. The predicted octanol–water partition coefficient (Wildman–Crippen LogP) is 3.21. The highest BCUT2D eigenvalue weighted by Crippen LogP contribution is 2.21. The first-order valence-corrected chi connectivity index (χ1v) is 9.04. The maximum Gasteiger partial charge on any atom is 0.236 e. The van der Waals surface area contributed by atoms with Crippen LogP contribution in [0.3, 0.4) is 0 Å². The van der Waals surface area contributed by atoms with E-state index in [-0.39, 0.29) is 5.91 Å². The highest BCUT2D eigenvalue weighted by molar-refractivity contribution is 7.99. The van der Waals surface area contributed by atoms with Crippen molar-refractivity contribution in [1.82, 2.24) is 15.4 Å². The Morgan fingerprint density at radius 3 is 2.77 bits per heavy atom. The van der Waals surface area contributed by atoms with E-state index in [1.807, 2.05) is 13.8 Å². The molecule has 0 fully saturated rings. The molecule has 8 heteroatoms. The van der Waals surface area contributed by atoms with Gasteiger partial charge in [0.1, 0.15) is 10.8 Å².